The van der Waals surface area contributed by atoms with E-state index in [0.717, 1.165) is 27.9 Å². The molecule has 2 aromatic heterocycles. The second kappa shape index (κ2) is 7.57. The van der Waals surface area contributed by atoms with Crippen molar-refractivity contribution >= 4 is 28.8 Å². The van der Waals surface area contributed by atoms with E-state index in [4.69, 9.17) is 17.3 Å². The molecule has 0 fully saturated rings. The van der Waals surface area contributed by atoms with Crippen LogP contribution >= 0.6 is 11.6 Å². The number of nitrogens with two attached hydrogens (primary N) is 1. The summed E-state index contributed by atoms with van der Waals surface area (Å²) in [6.45, 7) is 5.84. The van der Waals surface area contributed by atoms with Gasteiger partial charge >= 0.3 is 0 Å². The topological polar surface area (TPSA) is 64.6 Å². The van der Waals surface area contributed by atoms with Crippen LogP contribution in [0, 0.1) is 5.92 Å². The number of halogens is 1. The van der Waals surface area contributed by atoms with Gasteiger partial charge in [-0.05, 0) is 35.7 Å². The van der Waals surface area contributed by atoms with Crippen LogP contribution in [-0.4, -0.2) is 16.1 Å². The number of hydrogen-bond acceptors (Lipinski definition) is 2. The largest absolute Gasteiger partial charge is 0.366 e. The van der Waals surface area contributed by atoms with Gasteiger partial charge in [-0.3, -0.25) is 9.59 Å². The number of carbonyl (C=O) groups excluding carboxylic acids is 2. The molecule has 5 heteroatoms. The third-order valence-corrected chi connectivity index (χ3v) is 5.24. The van der Waals surface area contributed by atoms with E-state index in [9.17, 15) is 9.59 Å². The Labute approximate surface area is 163 Å². The standard InChI is InChI=1S/C22H23ClN2O2/c1-4-16-19(11-14-7-5-6-8-17(14)23)25-12-15(22(24)27)9-10-18(25)20(16)21(26)13(2)3/h5-10,12-13H,4,11H2,1-3H3,(H2,24,27). The first kappa shape index (κ1) is 19.2. The Balaban J connectivity index is 2.32. The highest BCUT2D eigenvalue weighted by atomic mass is 35.5. The van der Waals surface area contributed by atoms with Crippen molar-refractivity contribution in [1.29, 1.82) is 0 Å². The van der Waals surface area contributed by atoms with Crippen molar-refractivity contribution in [3.63, 3.8) is 0 Å². The van der Waals surface area contributed by atoms with Gasteiger partial charge in [0, 0.05) is 34.8 Å². The predicted octanol–water partition coefficient (Wildman–Crippen LogP) is 4.68. The minimum atomic E-state index is -0.496. The Morgan fingerprint density at radius 3 is 2.44 bits per heavy atom. The van der Waals surface area contributed by atoms with Gasteiger partial charge in [0.15, 0.2) is 5.78 Å². The molecule has 0 saturated carbocycles. The zero-order valence-corrected chi connectivity index (χ0v) is 16.5. The molecule has 0 aliphatic rings. The fourth-order valence-electron chi connectivity index (χ4n) is 3.48. The van der Waals surface area contributed by atoms with Crippen LogP contribution in [-0.2, 0) is 12.8 Å². The Bertz CT molecular complexity index is 1030. The lowest BCUT2D eigenvalue weighted by molar-refractivity contribution is 0.0939. The molecule has 4 nitrogen and oxygen atoms in total. The highest BCUT2D eigenvalue weighted by Gasteiger charge is 2.24. The second-order valence-electron chi connectivity index (χ2n) is 6.98. The summed E-state index contributed by atoms with van der Waals surface area (Å²) in [5, 5.41) is 0.678. The lowest BCUT2D eigenvalue weighted by Gasteiger charge is -2.09. The number of ketones is 1. The Morgan fingerprint density at radius 1 is 1.15 bits per heavy atom. The maximum atomic E-state index is 13.0. The molecular formula is C22H23ClN2O2. The van der Waals surface area contributed by atoms with Crippen LogP contribution in [0.15, 0.2) is 42.6 Å². The van der Waals surface area contributed by atoms with Crippen molar-refractivity contribution in [3.8, 4) is 0 Å². The van der Waals surface area contributed by atoms with E-state index in [-0.39, 0.29) is 11.7 Å². The van der Waals surface area contributed by atoms with Crippen LogP contribution in [0.2, 0.25) is 5.02 Å². The molecule has 0 bridgehead atoms. The van der Waals surface area contributed by atoms with E-state index >= 15 is 0 Å². The molecule has 0 atom stereocenters. The minimum absolute atomic E-state index is 0.0987. The third kappa shape index (κ3) is 3.50. The van der Waals surface area contributed by atoms with Gasteiger partial charge in [-0.2, -0.15) is 0 Å². The maximum absolute atomic E-state index is 13.0. The number of hydrogen-bond donors (Lipinski definition) is 1. The number of fused-ring (bicyclic) bond motifs is 1. The van der Waals surface area contributed by atoms with E-state index in [1.54, 1.807) is 12.3 Å². The van der Waals surface area contributed by atoms with Gasteiger partial charge in [0.1, 0.15) is 0 Å². The van der Waals surface area contributed by atoms with Gasteiger partial charge in [-0.15, -0.1) is 0 Å². The molecule has 0 radical (unpaired) electrons. The van der Waals surface area contributed by atoms with Crippen LogP contribution in [0.3, 0.4) is 0 Å². The summed E-state index contributed by atoms with van der Waals surface area (Å²) in [6.07, 6.45) is 3.00. The van der Waals surface area contributed by atoms with Crippen LogP contribution in [0.1, 0.15) is 58.3 Å². The molecule has 0 aliphatic carbocycles. The molecule has 0 saturated heterocycles. The molecule has 3 rings (SSSR count). The second-order valence-corrected chi connectivity index (χ2v) is 7.39. The van der Waals surface area contributed by atoms with Gasteiger partial charge < -0.3 is 10.1 Å². The average molecular weight is 383 g/mol. The SMILES string of the molecule is CCc1c(C(=O)C(C)C)c2ccc(C(N)=O)cn2c1Cc1ccccc1Cl. The van der Waals surface area contributed by atoms with Gasteiger partial charge in [0.05, 0.1) is 11.1 Å². The molecular weight excluding hydrogens is 360 g/mol. The number of rotatable bonds is 6. The number of nitrogens with zero attached hydrogens (tertiary/aromatic N) is 1. The predicted molar refractivity (Wildman–Crippen MR) is 109 cm³/mol. The fraction of sp³-hybridized carbons (Fsp3) is 0.273. The first-order chi connectivity index (χ1) is 12.8. The summed E-state index contributed by atoms with van der Waals surface area (Å²) in [5.74, 6) is -0.517. The first-order valence-electron chi connectivity index (χ1n) is 9.08. The van der Waals surface area contributed by atoms with Crippen LogP contribution < -0.4 is 5.73 Å². The number of pyridine rings is 1. The number of aromatic nitrogens is 1. The fourth-order valence-corrected chi connectivity index (χ4v) is 3.68. The summed E-state index contributed by atoms with van der Waals surface area (Å²) in [7, 11) is 0. The molecule has 1 amide bonds. The molecule has 0 unspecified atom stereocenters. The van der Waals surface area contributed by atoms with E-state index in [2.05, 4.69) is 0 Å². The smallest absolute Gasteiger partial charge is 0.250 e. The molecule has 1 aromatic carbocycles. The highest BCUT2D eigenvalue weighted by Crippen LogP contribution is 2.30. The van der Waals surface area contributed by atoms with E-state index in [1.165, 1.54) is 0 Å². The van der Waals surface area contributed by atoms with Crippen molar-refractivity contribution in [2.75, 3.05) is 0 Å². The molecule has 27 heavy (non-hydrogen) atoms. The Hall–Kier alpha value is -2.59. The van der Waals surface area contributed by atoms with Crippen LogP contribution in [0.25, 0.3) is 5.52 Å². The van der Waals surface area contributed by atoms with Crippen molar-refractivity contribution in [1.82, 2.24) is 4.40 Å². The van der Waals surface area contributed by atoms with Gasteiger partial charge in [0.2, 0.25) is 5.91 Å². The molecule has 2 N–H and O–H groups in total. The van der Waals surface area contributed by atoms with Crippen LogP contribution in [0.5, 0.6) is 0 Å². The summed E-state index contributed by atoms with van der Waals surface area (Å²) < 4.78 is 1.93. The zero-order chi connectivity index (χ0) is 19.7. The van der Waals surface area contributed by atoms with Gasteiger partial charge in [-0.25, -0.2) is 0 Å². The lowest BCUT2D eigenvalue weighted by Crippen LogP contribution is -2.12. The monoisotopic (exact) mass is 382 g/mol. The van der Waals surface area contributed by atoms with E-state index in [0.29, 0.717) is 23.4 Å². The van der Waals surface area contributed by atoms with Crippen molar-refractivity contribution in [2.24, 2.45) is 11.7 Å². The van der Waals surface area contributed by atoms with Crippen molar-refractivity contribution < 1.29 is 9.59 Å². The number of amides is 1. The number of benzene rings is 1. The average Bonchev–Trinajstić information content (AvgIpc) is 2.95. The van der Waals surface area contributed by atoms with E-state index in [1.807, 2.05) is 55.5 Å². The normalized spacial score (nSPS) is 11.3. The van der Waals surface area contributed by atoms with E-state index < -0.39 is 5.91 Å². The molecule has 2 heterocycles. The first-order valence-corrected chi connectivity index (χ1v) is 9.46. The van der Waals surface area contributed by atoms with Crippen molar-refractivity contribution in [2.45, 2.75) is 33.6 Å². The summed E-state index contributed by atoms with van der Waals surface area (Å²) in [4.78, 5) is 24.7. The van der Waals surface area contributed by atoms with Crippen molar-refractivity contribution in [3.05, 3.63) is 75.6 Å². The minimum Gasteiger partial charge on any atom is -0.366 e. The number of carbonyl (C=O) groups is 2. The number of Topliss-reactive ketones (excluding diaryl/α,β-unsaturated/α-hetero) is 1. The Kier molecular flexibility index (Phi) is 5.38. The van der Waals surface area contributed by atoms with Gasteiger partial charge in [0.25, 0.3) is 0 Å². The van der Waals surface area contributed by atoms with Crippen LogP contribution in [0.4, 0.5) is 0 Å². The third-order valence-electron chi connectivity index (χ3n) is 4.87. The van der Waals surface area contributed by atoms with Gasteiger partial charge in [-0.1, -0.05) is 50.6 Å². The molecule has 0 aliphatic heterocycles. The molecule has 0 spiro atoms. The summed E-state index contributed by atoms with van der Waals surface area (Å²) >= 11 is 6.37. The highest BCUT2D eigenvalue weighted by molar-refractivity contribution is 6.31. The maximum Gasteiger partial charge on any atom is 0.250 e. The molecule has 140 valence electrons. The quantitative estimate of drug-likeness (QED) is 0.629. The summed E-state index contributed by atoms with van der Waals surface area (Å²) in [6, 6.07) is 11.1. The molecule has 3 aromatic rings. The number of primary amides is 1. The zero-order valence-electron chi connectivity index (χ0n) is 15.8. The Morgan fingerprint density at radius 2 is 1.85 bits per heavy atom. The summed E-state index contributed by atoms with van der Waals surface area (Å²) in [5.41, 5.74) is 10.3. The lowest BCUT2D eigenvalue weighted by atomic mass is 9.95.